The molecule has 2 heterocycles. The van der Waals surface area contributed by atoms with Gasteiger partial charge in [0.2, 0.25) is 0 Å². The molecule has 0 unspecified atom stereocenters. The van der Waals surface area contributed by atoms with Crippen LogP contribution in [0.1, 0.15) is 18.2 Å². The summed E-state index contributed by atoms with van der Waals surface area (Å²) in [4.78, 5) is 12.4. The predicted octanol–water partition coefficient (Wildman–Crippen LogP) is 1.63. The summed E-state index contributed by atoms with van der Waals surface area (Å²) >= 11 is 0. The third-order valence-corrected chi connectivity index (χ3v) is 2.50. The first-order valence-electron chi connectivity index (χ1n) is 5.54. The van der Waals surface area contributed by atoms with E-state index in [9.17, 15) is 0 Å². The van der Waals surface area contributed by atoms with Crippen molar-refractivity contribution in [2.75, 3.05) is 11.1 Å². The molecule has 2 aromatic heterocycles. The Hall–Kier alpha value is -2.17. The van der Waals surface area contributed by atoms with Crippen LogP contribution in [0.25, 0.3) is 0 Å². The second kappa shape index (κ2) is 5.25. The van der Waals surface area contributed by atoms with Crippen molar-refractivity contribution >= 4 is 11.6 Å². The van der Waals surface area contributed by atoms with Crippen molar-refractivity contribution in [3.8, 4) is 0 Å². The lowest BCUT2D eigenvalue weighted by Gasteiger charge is -2.10. The van der Waals surface area contributed by atoms with Gasteiger partial charge in [0.05, 0.1) is 12.2 Å². The monoisotopic (exact) mass is 229 g/mol. The van der Waals surface area contributed by atoms with Gasteiger partial charge in [-0.05, 0) is 18.6 Å². The van der Waals surface area contributed by atoms with Crippen molar-refractivity contribution in [3.63, 3.8) is 0 Å². The fourth-order valence-electron chi connectivity index (χ4n) is 1.60. The summed E-state index contributed by atoms with van der Waals surface area (Å²) in [5, 5.41) is 3.23. The van der Waals surface area contributed by atoms with Crippen LogP contribution in [-0.2, 0) is 13.0 Å². The molecule has 2 rings (SSSR count). The molecule has 0 saturated heterocycles. The molecule has 3 N–H and O–H groups in total. The zero-order chi connectivity index (χ0) is 12.1. The predicted molar refractivity (Wildman–Crippen MR) is 67.4 cm³/mol. The number of rotatable bonds is 4. The maximum atomic E-state index is 5.79. The molecule has 0 radical (unpaired) electrons. The van der Waals surface area contributed by atoms with Crippen LogP contribution in [0.2, 0.25) is 0 Å². The van der Waals surface area contributed by atoms with Crippen LogP contribution in [0.5, 0.6) is 0 Å². The van der Waals surface area contributed by atoms with E-state index in [0.717, 1.165) is 23.5 Å². The normalized spacial score (nSPS) is 10.2. The van der Waals surface area contributed by atoms with Gasteiger partial charge in [0.1, 0.15) is 18.0 Å². The van der Waals surface area contributed by atoms with Crippen LogP contribution in [-0.4, -0.2) is 15.0 Å². The smallest absolute Gasteiger partial charge is 0.135 e. The molecule has 0 aromatic carbocycles. The fourth-order valence-corrected chi connectivity index (χ4v) is 1.60. The zero-order valence-electron chi connectivity index (χ0n) is 9.72. The maximum Gasteiger partial charge on any atom is 0.135 e. The van der Waals surface area contributed by atoms with Gasteiger partial charge in [-0.25, -0.2) is 9.97 Å². The Morgan fingerprint density at radius 1 is 1.24 bits per heavy atom. The molecule has 17 heavy (non-hydrogen) atoms. The van der Waals surface area contributed by atoms with Crippen molar-refractivity contribution in [2.24, 2.45) is 0 Å². The number of pyridine rings is 1. The summed E-state index contributed by atoms with van der Waals surface area (Å²) in [5.74, 6) is 1.32. The standard InChI is InChI=1S/C12H15N5/c1-2-10-11(13)16-8-17-12(10)15-7-9-5-3-4-6-14-9/h3-6,8H,2,7H2,1H3,(H3,13,15,16,17). The third kappa shape index (κ3) is 2.69. The van der Waals surface area contributed by atoms with Crippen molar-refractivity contribution in [1.82, 2.24) is 15.0 Å². The molecule has 88 valence electrons. The molecule has 0 fully saturated rings. The number of nitrogens with one attached hydrogen (secondary N) is 1. The van der Waals surface area contributed by atoms with E-state index in [4.69, 9.17) is 5.73 Å². The van der Waals surface area contributed by atoms with Crippen LogP contribution in [0.4, 0.5) is 11.6 Å². The largest absolute Gasteiger partial charge is 0.383 e. The van der Waals surface area contributed by atoms with Gasteiger partial charge in [-0.1, -0.05) is 13.0 Å². The number of hydrogen-bond donors (Lipinski definition) is 2. The van der Waals surface area contributed by atoms with Crippen LogP contribution < -0.4 is 11.1 Å². The second-order valence-electron chi connectivity index (χ2n) is 3.61. The van der Waals surface area contributed by atoms with Crippen molar-refractivity contribution in [2.45, 2.75) is 19.9 Å². The third-order valence-electron chi connectivity index (χ3n) is 2.50. The minimum Gasteiger partial charge on any atom is -0.383 e. The topological polar surface area (TPSA) is 76.7 Å². The minimum absolute atomic E-state index is 0.533. The molecular weight excluding hydrogens is 214 g/mol. The molecule has 0 aliphatic carbocycles. The van der Waals surface area contributed by atoms with Crippen LogP contribution in [0.15, 0.2) is 30.7 Å². The summed E-state index contributed by atoms with van der Waals surface area (Å²) in [6.45, 7) is 2.66. The van der Waals surface area contributed by atoms with E-state index in [2.05, 4.69) is 20.3 Å². The average Bonchev–Trinajstić information content (AvgIpc) is 2.37. The van der Waals surface area contributed by atoms with Gasteiger partial charge < -0.3 is 11.1 Å². The van der Waals surface area contributed by atoms with E-state index >= 15 is 0 Å². The van der Waals surface area contributed by atoms with Crippen molar-refractivity contribution in [3.05, 3.63) is 42.0 Å². The van der Waals surface area contributed by atoms with Crippen LogP contribution >= 0.6 is 0 Å². The van der Waals surface area contributed by atoms with Gasteiger partial charge in [-0.2, -0.15) is 0 Å². The van der Waals surface area contributed by atoms with Gasteiger partial charge in [-0.15, -0.1) is 0 Å². The Kier molecular flexibility index (Phi) is 3.49. The molecule has 0 saturated carbocycles. The first kappa shape index (κ1) is 11.3. The number of nitrogens with two attached hydrogens (primary N) is 1. The molecule has 0 aliphatic rings. The van der Waals surface area contributed by atoms with Gasteiger partial charge in [0.15, 0.2) is 0 Å². The molecule has 0 bridgehead atoms. The number of anilines is 2. The summed E-state index contributed by atoms with van der Waals surface area (Å²) in [5.41, 5.74) is 7.71. The highest BCUT2D eigenvalue weighted by Crippen LogP contribution is 2.17. The van der Waals surface area contributed by atoms with Crippen molar-refractivity contribution in [1.29, 1.82) is 0 Å². The van der Waals surface area contributed by atoms with Crippen LogP contribution in [0, 0.1) is 0 Å². The lowest BCUT2D eigenvalue weighted by atomic mass is 10.2. The summed E-state index contributed by atoms with van der Waals surface area (Å²) < 4.78 is 0. The lowest BCUT2D eigenvalue weighted by Crippen LogP contribution is -2.08. The van der Waals surface area contributed by atoms with Gasteiger partial charge in [0, 0.05) is 11.8 Å². The van der Waals surface area contributed by atoms with E-state index in [1.165, 1.54) is 6.33 Å². The quantitative estimate of drug-likeness (QED) is 0.833. The first-order chi connectivity index (χ1) is 8.31. The molecule has 5 heteroatoms. The van der Waals surface area contributed by atoms with Crippen LogP contribution in [0.3, 0.4) is 0 Å². The molecular formula is C12H15N5. The summed E-state index contributed by atoms with van der Waals surface area (Å²) in [6, 6.07) is 5.81. The fraction of sp³-hybridized carbons (Fsp3) is 0.250. The van der Waals surface area contributed by atoms with Gasteiger partial charge in [-0.3, -0.25) is 4.98 Å². The SMILES string of the molecule is CCc1c(N)ncnc1NCc1ccccn1. The summed E-state index contributed by atoms with van der Waals surface area (Å²) in [6.07, 6.45) is 4.04. The average molecular weight is 229 g/mol. The molecule has 0 amide bonds. The molecule has 5 nitrogen and oxygen atoms in total. The van der Waals surface area contributed by atoms with Gasteiger partial charge >= 0.3 is 0 Å². The van der Waals surface area contributed by atoms with Crippen molar-refractivity contribution < 1.29 is 0 Å². The highest BCUT2D eigenvalue weighted by Gasteiger charge is 2.06. The van der Waals surface area contributed by atoms with E-state index in [1.807, 2.05) is 25.1 Å². The number of aromatic nitrogens is 3. The Balaban J connectivity index is 2.12. The molecule has 0 aliphatic heterocycles. The van der Waals surface area contributed by atoms with E-state index in [-0.39, 0.29) is 0 Å². The van der Waals surface area contributed by atoms with E-state index in [1.54, 1.807) is 6.20 Å². The van der Waals surface area contributed by atoms with Gasteiger partial charge in [0.25, 0.3) is 0 Å². The number of hydrogen-bond acceptors (Lipinski definition) is 5. The second-order valence-corrected chi connectivity index (χ2v) is 3.61. The Morgan fingerprint density at radius 2 is 2.12 bits per heavy atom. The van der Waals surface area contributed by atoms with E-state index < -0.39 is 0 Å². The Morgan fingerprint density at radius 3 is 2.82 bits per heavy atom. The summed E-state index contributed by atoms with van der Waals surface area (Å²) in [7, 11) is 0. The zero-order valence-corrected chi connectivity index (χ0v) is 9.72. The molecule has 0 atom stereocenters. The number of nitrogen functional groups attached to an aromatic ring is 1. The Bertz CT molecular complexity index is 484. The Labute approximate surface area is 100 Å². The first-order valence-corrected chi connectivity index (χ1v) is 5.54. The minimum atomic E-state index is 0.533. The maximum absolute atomic E-state index is 5.79. The molecule has 0 spiro atoms. The highest BCUT2D eigenvalue weighted by atomic mass is 15.0. The highest BCUT2D eigenvalue weighted by molar-refractivity contribution is 5.54. The molecule has 2 aromatic rings. The van der Waals surface area contributed by atoms with E-state index in [0.29, 0.717) is 12.4 Å². The number of nitrogens with zero attached hydrogens (tertiary/aromatic N) is 3. The lowest BCUT2D eigenvalue weighted by molar-refractivity contribution is 0.990.